The third kappa shape index (κ3) is 5.83. The number of benzene rings is 4. The number of para-hydroxylation sites is 1. The molecule has 0 spiro atoms. The standard InChI is InChI=1S/C30H38O2.C6H6O/c1-17-15-25(19(3)21(5)27(17)31)29(7,8)23-11-13-24(14-12-23)30(9,10)26-16-18(2)28(32)22(6)20(26)4;7-6-4-2-1-3-5-6/h11-16,31-32H,1-10H3;1-5,7H. The zero-order chi connectivity index (χ0) is 29.3. The van der Waals surface area contributed by atoms with Crippen LogP contribution < -0.4 is 0 Å². The summed E-state index contributed by atoms with van der Waals surface area (Å²) in [6.45, 7) is 21.1. The van der Waals surface area contributed by atoms with E-state index in [1.165, 1.54) is 22.3 Å². The topological polar surface area (TPSA) is 60.7 Å². The molecule has 0 atom stereocenters. The minimum Gasteiger partial charge on any atom is -0.508 e. The van der Waals surface area contributed by atoms with E-state index >= 15 is 0 Å². The highest BCUT2D eigenvalue weighted by Crippen LogP contribution is 2.41. The fraction of sp³-hybridized carbons (Fsp3) is 0.333. The van der Waals surface area contributed by atoms with Gasteiger partial charge in [0.15, 0.2) is 0 Å². The van der Waals surface area contributed by atoms with E-state index in [4.69, 9.17) is 5.11 Å². The number of hydrogen-bond donors (Lipinski definition) is 3. The molecule has 0 amide bonds. The van der Waals surface area contributed by atoms with Crippen LogP contribution in [0.15, 0.2) is 66.7 Å². The van der Waals surface area contributed by atoms with Gasteiger partial charge in [-0.05, 0) is 109 Å². The predicted octanol–water partition coefficient (Wildman–Crippen LogP) is 8.99. The monoisotopic (exact) mass is 524 g/mol. The van der Waals surface area contributed by atoms with Crippen LogP contribution in [0.3, 0.4) is 0 Å². The summed E-state index contributed by atoms with van der Waals surface area (Å²) in [5.74, 6) is 1.12. The van der Waals surface area contributed by atoms with Gasteiger partial charge in [-0.2, -0.15) is 0 Å². The van der Waals surface area contributed by atoms with Gasteiger partial charge in [-0.3, -0.25) is 0 Å². The number of hydrogen-bond acceptors (Lipinski definition) is 3. The van der Waals surface area contributed by atoms with E-state index in [2.05, 4.69) is 77.9 Å². The van der Waals surface area contributed by atoms with Crippen molar-refractivity contribution in [2.24, 2.45) is 0 Å². The average Bonchev–Trinajstić information content (AvgIpc) is 2.91. The van der Waals surface area contributed by atoms with Gasteiger partial charge in [0.05, 0.1) is 0 Å². The Labute approximate surface area is 234 Å². The highest BCUT2D eigenvalue weighted by atomic mass is 16.3. The van der Waals surface area contributed by atoms with Crippen LogP contribution in [0.1, 0.15) is 83.3 Å². The van der Waals surface area contributed by atoms with E-state index in [1.54, 1.807) is 24.3 Å². The summed E-state index contributed by atoms with van der Waals surface area (Å²) in [7, 11) is 0. The second-order valence-corrected chi connectivity index (χ2v) is 11.8. The van der Waals surface area contributed by atoms with Gasteiger partial charge in [0, 0.05) is 10.8 Å². The third-order valence-electron chi connectivity index (χ3n) is 8.54. The molecular weight excluding hydrogens is 480 g/mol. The van der Waals surface area contributed by atoms with Crippen LogP contribution >= 0.6 is 0 Å². The Hall–Kier alpha value is -3.72. The molecule has 0 aliphatic carbocycles. The van der Waals surface area contributed by atoms with Gasteiger partial charge in [-0.15, -0.1) is 0 Å². The van der Waals surface area contributed by atoms with Crippen molar-refractivity contribution in [1.82, 2.24) is 0 Å². The van der Waals surface area contributed by atoms with Gasteiger partial charge >= 0.3 is 0 Å². The predicted molar refractivity (Wildman–Crippen MR) is 163 cm³/mol. The number of phenols is 3. The lowest BCUT2D eigenvalue weighted by atomic mass is 9.72. The van der Waals surface area contributed by atoms with Crippen molar-refractivity contribution >= 4 is 0 Å². The molecule has 0 radical (unpaired) electrons. The summed E-state index contributed by atoms with van der Waals surface area (Å²) in [4.78, 5) is 0. The first kappa shape index (κ1) is 29.8. The fourth-order valence-corrected chi connectivity index (χ4v) is 5.48. The maximum Gasteiger partial charge on any atom is 0.121 e. The number of aromatic hydroxyl groups is 3. The summed E-state index contributed by atoms with van der Waals surface area (Å²) in [6, 6.07) is 21.9. The summed E-state index contributed by atoms with van der Waals surface area (Å²) < 4.78 is 0. The fourth-order valence-electron chi connectivity index (χ4n) is 5.48. The summed E-state index contributed by atoms with van der Waals surface area (Å²) in [6.07, 6.45) is 0. The molecule has 0 saturated carbocycles. The van der Waals surface area contributed by atoms with E-state index in [0.29, 0.717) is 17.2 Å². The minimum absolute atomic E-state index is 0.183. The van der Waals surface area contributed by atoms with E-state index in [-0.39, 0.29) is 10.8 Å². The van der Waals surface area contributed by atoms with Gasteiger partial charge in [-0.25, -0.2) is 0 Å². The molecule has 39 heavy (non-hydrogen) atoms. The molecule has 4 aromatic rings. The Balaban J connectivity index is 0.000000520. The van der Waals surface area contributed by atoms with Crippen molar-refractivity contribution in [2.75, 3.05) is 0 Å². The molecule has 0 heterocycles. The van der Waals surface area contributed by atoms with Crippen LogP contribution in [0.25, 0.3) is 0 Å². The molecule has 0 aromatic heterocycles. The van der Waals surface area contributed by atoms with Gasteiger partial charge in [-0.1, -0.05) is 82.3 Å². The van der Waals surface area contributed by atoms with Crippen LogP contribution in [-0.2, 0) is 10.8 Å². The SMILES string of the molecule is Cc1cc(C(C)(C)c2ccc(C(C)(C)c3cc(C)c(O)c(C)c3C)cc2)c(C)c(C)c1O.Oc1ccccc1. The highest BCUT2D eigenvalue weighted by Gasteiger charge is 2.30. The van der Waals surface area contributed by atoms with Crippen LogP contribution in [0.2, 0.25) is 0 Å². The van der Waals surface area contributed by atoms with Gasteiger partial charge < -0.3 is 15.3 Å². The first-order chi connectivity index (χ1) is 18.1. The maximum atomic E-state index is 10.3. The van der Waals surface area contributed by atoms with Crippen molar-refractivity contribution < 1.29 is 15.3 Å². The Bertz CT molecular complexity index is 1370. The molecule has 0 aliphatic rings. The Morgan fingerprint density at radius 3 is 1.08 bits per heavy atom. The molecule has 206 valence electrons. The Morgan fingerprint density at radius 1 is 0.462 bits per heavy atom. The lowest BCUT2D eigenvalue weighted by Crippen LogP contribution is -2.23. The largest absolute Gasteiger partial charge is 0.508 e. The van der Waals surface area contributed by atoms with E-state index in [1.807, 2.05) is 33.8 Å². The molecule has 3 heteroatoms. The van der Waals surface area contributed by atoms with Crippen molar-refractivity contribution in [3.63, 3.8) is 0 Å². The molecule has 4 aromatic carbocycles. The summed E-state index contributed by atoms with van der Waals surface area (Å²) >= 11 is 0. The smallest absolute Gasteiger partial charge is 0.121 e. The van der Waals surface area contributed by atoms with Gasteiger partial charge in [0.2, 0.25) is 0 Å². The lowest BCUT2D eigenvalue weighted by Gasteiger charge is -2.32. The zero-order valence-electron chi connectivity index (χ0n) is 25.2. The van der Waals surface area contributed by atoms with Gasteiger partial charge in [0.1, 0.15) is 17.2 Å². The lowest BCUT2D eigenvalue weighted by molar-refractivity contribution is 0.464. The highest BCUT2D eigenvalue weighted by molar-refractivity contribution is 5.55. The van der Waals surface area contributed by atoms with E-state index in [0.717, 1.165) is 33.4 Å². The van der Waals surface area contributed by atoms with E-state index in [9.17, 15) is 10.2 Å². The molecule has 3 nitrogen and oxygen atoms in total. The molecule has 0 bridgehead atoms. The zero-order valence-corrected chi connectivity index (χ0v) is 25.2. The summed E-state index contributed by atoms with van der Waals surface area (Å²) in [5, 5.41) is 29.3. The molecule has 0 unspecified atom stereocenters. The van der Waals surface area contributed by atoms with Gasteiger partial charge in [0.25, 0.3) is 0 Å². The Morgan fingerprint density at radius 2 is 0.795 bits per heavy atom. The van der Waals surface area contributed by atoms with Crippen molar-refractivity contribution in [2.45, 2.75) is 80.1 Å². The van der Waals surface area contributed by atoms with Crippen molar-refractivity contribution in [1.29, 1.82) is 0 Å². The second kappa shape index (κ2) is 11.2. The summed E-state index contributed by atoms with van der Waals surface area (Å²) in [5.41, 5.74) is 10.7. The maximum absolute atomic E-state index is 10.3. The number of rotatable bonds is 4. The molecule has 0 aliphatic heterocycles. The van der Waals surface area contributed by atoms with Crippen LogP contribution in [0.4, 0.5) is 0 Å². The van der Waals surface area contributed by atoms with Crippen LogP contribution in [-0.4, -0.2) is 15.3 Å². The normalized spacial score (nSPS) is 11.6. The first-order valence-electron chi connectivity index (χ1n) is 13.6. The third-order valence-corrected chi connectivity index (χ3v) is 8.54. The van der Waals surface area contributed by atoms with Crippen molar-refractivity contribution in [3.05, 3.63) is 122 Å². The second-order valence-electron chi connectivity index (χ2n) is 11.8. The molecule has 0 fully saturated rings. The minimum atomic E-state index is -0.183. The van der Waals surface area contributed by atoms with Crippen LogP contribution in [0.5, 0.6) is 17.2 Å². The van der Waals surface area contributed by atoms with Crippen LogP contribution in [0, 0.1) is 41.5 Å². The molecule has 3 N–H and O–H groups in total. The molecule has 4 rings (SSSR count). The van der Waals surface area contributed by atoms with Crippen molar-refractivity contribution in [3.8, 4) is 17.2 Å². The average molecular weight is 525 g/mol. The number of aryl methyl sites for hydroxylation is 2. The molecular formula is C36H44O3. The molecule has 0 saturated heterocycles. The Kier molecular flexibility index (Phi) is 8.55. The first-order valence-corrected chi connectivity index (χ1v) is 13.6. The quantitative estimate of drug-likeness (QED) is 0.250. The van der Waals surface area contributed by atoms with E-state index < -0.39 is 0 Å². The number of phenolic OH excluding ortho intramolecular Hbond substituents is 3.